The molecule has 0 aliphatic rings. The second-order valence-electron chi connectivity index (χ2n) is 5.76. The number of rotatable bonds is 7. The Labute approximate surface area is 137 Å². The van der Waals surface area contributed by atoms with Crippen molar-refractivity contribution >= 4 is 17.5 Å². The highest BCUT2D eigenvalue weighted by Crippen LogP contribution is 2.11. The zero-order valence-corrected chi connectivity index (χ0v) is 14.0. The van der Waals surface area contributed by atoms with Gasteiger partial charge in [0.2, 0.25) is 5.91 Å². The average Bonchev–Trinajstić information content (AvgIpc) is 2.55. The van der Waals surface area contributed by atoms with E-state index >= 15 is 0 Å². The predicted octanol–water partition coefficient (Wildman–Crippen LogP) is 3.20. The van der Waals surface area contributed by atoms with E-state index in [1.165, 1.54) is 5.56 Å². The molecular weight excluding hydrogens is 288 g/mol. The van der Waals surface area contributed by atoms with Crippen LogP contribution in [-0.2, 0) is 11.2 Å². The van der Waals surface area contributed by atoms with E-state index in [2.05, 4.69) is 27.3 Å². The molecule has 0 bridgehead atoms. The number of benzene rings is 1. The molecule has 5 heteroatoms. The van der Waals surface area contributed by atoms with Crippen LogP contribution in [0.4, 0.5) is 11.6 Å². The Morgan fingerprint density at radius 1 is 1.13 bits per heavy atom. The lowest BCUT2D eigenvalue weighted by Crippen LogP contribution is -2.20. The molecule has 122 valence electrons. The van der Waals surface area contributed by atoms with Crippen LogP contribution in [0.15, 0.2) is 36.4 Å². The van der Waals surface area contributed by atoms with Crippen LogP contribution < -0.4 is 10.2 Å². The number of nitrogens with zero attached hydrogens (tertiary/aromatic N) is 3. The summed E-state index contributed by atoms with van der Waals surface area (Å²) in [5.41, 5.74) is 2.17. The van der Waals surface area contributed by atoms with Crippen LogP contribution in [-0.4, -0.2) is 29.7 Å². The highest BCUT2D eigenvalue weighted by molar-refractivity contribution is 5.91. The zero-order chi connectivity index (χ0) is 16.7. The molecule has 0 unspecified atom stereocenters. The van der Waals surface area contributed by atoms with Gasteiger partial charge < -0.3 is 10.2 Å². The van der Waals surface area contributed by atoms with Crippen molar-refractivity contribution in [2.45, 2.75) is 33.1 Å². The number of carbonyl (C=O) groups is 1. The molecule has 23 heavy (non-hydrogen) atoms. The number of unbranched alkanes of at least 4 members (excludes halogenated alkanes) is 1. The second-order valence-corrected chi connectivity index (χ2v) is 5.76. The number of hydrogen-bond donors (Lipinski definition) is 1. The minimum atomic E-state index is -0.0877. The first-order valence-electron chi connectivity index (χ1n) is 7.98. The third kappa shape index (κ3) is 5.36. The van der Waals surface area contributed by atoms with Gasteiger partial charge in [0.05, 0.1) is 6.42 Å². The van der Waals surface area contributed by atoms with Crippen LogP contribution in [0.1, 0.15) is 30.9 Å². The van der Waals surface area contributed by atoms with Crippen LogP contribution in [0.3, 0.4) is 0 Å². The molecule has 2 rings (SSSR count). The minimum absolute atomic E-state index is 0.0877. The van der Waals surface area contributed by atoms with Crippen LogP contribution in [0.2, 0.25) is 0 Å². The van der Waals surface area contributed by atoms with Crippen LogP contribution in [0.5, 0.6) is 0 Å². The first-order valence-corrected chi connectivity index (χ1v) is 7.98. The fourth-order valence-electron chi connectivity index (χ4n) is 2.18. The monoisotopic (exact) mass is 312 g/mol. The maximum atomic E-state index is 12.0. The first-order chi connectivity index (χ1) is 11.1. The fourth-order valence-corrected chi connectivity index (χ4v) is 2.18. The van der Waals surface area contributed by atoms with Gasteiger partial charge >= 0.3 is 0 Å². The van der Waals surface area contributed by atoms with E-state index in [0.29, 0.717) is 12.2 Å². The molecule has 1 aromatic heterocycles. The van der Waals surface area contributed by atoms with Crippen LogP contribution in [0.25, 0.3) is 0 Å². The average molecular weight is 312 g/mol. The molecule has 1 N–H and O–H groups in total. The van der Waals surface area contributed by atoms with E-state index in [0.717, 1.165) is 30.8 Å². The highest BCUT2D eigenvalue weighted by atomic mass is 16.1. The number of aryl methyl sites for hydroxylation is 1. The van der Waals surface area contributed by atoms with Gasteiger partial charge in [0.25, 0.3) is 0 Å². The predicted molar refractivity (Wildman–Crippen MR) is 93.7 cm³/mol. The van der Waals surface area contributed by atoms with Gasteiger partial charge in [0.15, 0.2) is 11.6 Å². The zero-order valence-electron chi connectivity index (χ0n) is 14.0. The smallest absolute Gasteiger partial charge is 0.229 e. The molecular formula is C18H24N4O. The maximum Gasteiger partial charge on any atom is 0.229 e. The summed E-state index contributed by atoms with van der Waals surface area (Å²) in [4.78, 5) is 14.1. The first kappa shape index (κ1) is 16.9. The van der Waals surface area contributed by atoms with Crippen molar-refractivity contribution in [3.63, 3.8) is 0 Å². The van der Waals surface area contributed by atoms with Gasteiger partial charge in [-0.3, -0.25) is 4.79 Å². The topological polar surface area (TPSA) is 58.1 Å². The number of hydrogen-bond acceptors (Lipinski definition) is 4. The normalized spacial score (nSPS) is 10.4. The van der Waals surface area contributed by atoms with Crippen molar-refractivity contribution in [2.24, 2.45) is 0 Å². The van der Waals surface area contributed by atoms with E-state index in [4.69, 9.17) is 0 Å². The summed E-state index contributed by atoms with van der Waals surface area (Å²) in [6.45, 7) is 5.13. The Morgan fingerprint density at radius 3 is 2.48 bits per heavy atom. The number of amides is 1. The quantitative estimate of drug-likeness (QED) is 0.853. The maximum absolute atomic E-state index is 12.0. The lowest BCUT2D eigenvalue weighted by Gasteiger charge is -2.17. The molecule has 0 atom stereocenters. The molecule has 0 saturated heterocycles. The summed E-state index contributed by atoms with van der Waals surface area (Å²) in [5.74, 6) is 1.21. The molecule has 2 aromatic rings. The Bertz CT molecular complexity index is 622. The van der Waals surface area contributed by atoms with E-state index in [9.17, 15) is 4.79 Å². The molecule has 0 saturated carbocycles. The lowest BCUT2D eigenvalue weighted by molar-refractivity contribution is -0.115. The Balaban J connectivity index is 1.89. The lowest BCUT2D eigenvalue weighted by atomic mass is 10.1. The molecule has 0 radical (unpaired) electrons. The molecule has 0 aliphatic heterocycles. The fraction of sp³-hybridized carbons (Fsp3) is 0.389. The van der Waals surface area contributed by atoms with Crippen molar-refractivity contribution in [1.29, 1.82) is 0 Å². The van der Waals surface area contributed by atoms with Gasteiger partial charge in [0.1, 0.15) is 0 Å². The van der Waals surface area contributed by atoms with E-state index < -0.39 is 0 Å². The van der Waals surface area contributed by atoms with Crippen molar-refractivity contribution in [3.05, 3.63) is 47.5 Å². The van der Waals surface area contributed by atoms with Gasteiger partial charge in [-0.15, -0.1) is 10.2 Å². The third-order valence-corrected chi connectivity index (χ3v) is 3.64. The summed E-state index contributed by atoms with van der Waals surface area (Å²) in [6.07, 6.45) is 2.60. The molecule has 1 amide bonds. The Hall–Kier alpha value is -2.43. The molecule has 1 aromatic carbocycles. The summed E-state index contributed by atoms with van der Waals surface area (Å²) in [7, 11) is 2.00. The van der Waals surface area contributed by atoms with Crippen molar-refractivity contribution in [1.82, 2.24) is 10.2 Å². The summed E-state index contributed by atoms with van der Waals surface area (Å²) >= 11 is 0. The van der Waals surface area contributed by atoms with Gasteiger partial charge in [-0.25, -0.2) is 0 Å². The number of anilines is 2. The molecule has 0 aliphatic carbocycles. The SMILES string of the molecule is CCCCN(C)c1ccc(NC(=O)Cc2ccc(C)cc2)nn1. The number of nitrogens with one attached hydrogen (secondary N) is 1. The van der Waals surface area contributed by atoms with E-state index in [1.54, 1.807) is 6.07 Å². The second kappa shape index (κ2) is 8.27. The van der Waals surface area contributed by atoms with Gasteiger partial charge in [0, 0.05) is 13.6 Å². The van der Waals surface area contributed by atoms with Crippen molar-refractivity contribution in [3.8, 4) is 0 Å². The largest absolute Gasteiger partial charge is 0.358 e. The highest BCUT2D eigenvalue weighted by Gasteiger charge is 2.07. The number of aromatic nitrogens is 2. The van der Waals surface area contributed by atoms with Crippen molar-refractivity contribution < 1.29 is 4.79 Å². The summed E-state index contributed by atoms with van der Waals surface area (Å²) in [5, 5.41) is 11.0. The Morgan fingerprint density at radius 2 is 1.87 bits per heavy atom. The third-order valence-electron chi connectivity index (χ3n) is 3.64. The summed E-state index contributed by atoms with van der Waals surface area (Å²) < 4.78 is 0. The molecule has 0 fully saturated rings. The Kier molecular flexibility index (Phi) is 6.09. The summed E-state index contributed by atoms with van der Waals surface area (Å²) in [6, 6.07) is 11.6. The van der Waals surface area contributed by atoms with Crippen LogP contribution in [0, 0.1) is 6.92 Å². The molecule has 0 spiro atoms. The standard InChI is InChI=1S/C18H24N4O/c1-4-5-12-22(3)17-11-10-16(20-21-17)19-18(23)13-15-8-6-14(2)7-9-15/h6-11H,4-5,12-13H2,1-3H3,(H,19,20,23). The van der Waals surface area contributed by atoms with Gasteiger partial charge in [-0.05, 0) is 31.0 Å². The van der Waals surface area contributed by atoms with Crippen molar-refractivity contribution in [2.75, 3.05) is 23.8 Å². The minimum Gasteiger partial charge on any atom is -0.358 e. The van der Waals surface area contributed by atoms with E-state index in [1.807, 2.05) is 44.3 Å². The van der Waals surface area contributed by atoms with E-state index in [-0.39, 0.29) is 5.91 Å². The molecule has 1 heterocycles. The molecule has 5 nitrogen and oxygen atoms in total. The van der Waals surface area contributed by atoms with Gasteiger partial charge in [-0.2, -0.15) is 0 Å². The van der Waals surface area contributed by atoms with Gasteiger partial charge in [-0.1, -0.05) is 43.2 Å². The van der Waals surface area contributed by atoms with Crippen LogP contribution >= 0.6 is 0 Å². The number of carbonyl (C=O) groups excluding carboxylic acids is 1.